The zero-order valence-corrected chi connectivity index (χ0v) is 12.4. The number of benzene rings is 1. The number of carbonyl (C=O) groups excluding carboxylic acids is 1. The molecule has 0 aromatic heterocycles. The van der Waals surface area contributed by atoms with Gasteiger partial charge in [0.2, 0.25) is 0 Å². The van der Waals surface area contributed by atoms with Crippen molar-refractivity contribution in [3.63, 3.8) is 0 Å². The fourth-order valence-corrected chi connectivity index (χ4v) is 2.96. The minimum atomic E-state index is -0.132. The van der Waals surface area contributed by atoms with Gasteiger partial charge in [-0.3, -0.25) is 4.79 Å². The summed E-state index contributed by atoms with van der Waals surface area (Å²) in [5.74, 6) is 0.518. The van der Waals surface area contributed by atoms with E-state index in [-0.39, 0.29) is 12.0 Å². The summed E-state index contributed by atoms with van der Waals surface area (Å²) in [6.45, 7) is 0.719. The molecular weight excluding hydrogens is 341 g/mol. The van der Waals surface area contributed by atoms with Gasteiger partial charge >= 0.3 is 0 Å². The molecule has 0 atom stereocenters. The molecule has 0 spiro atoms. The van der Waals surface area contributed by atoms with Crippen molar-refractivity contribution >= 4 is 28.5 Å². The zero-order valence-electron chi connectivity index (χ0n) is 10.2. The number of hydrogen-bond donors (Lipinski definition) is 2. The predicted octanol–water partition coefficient (Wildman–Crippen LogP) is 2.57. The topological polar surface area (TPSA) is 49.3 Å². The molecular formula is C14H18INO2. The van der Waals surface area contributed by atoms with Crippen LogP contribution in [0.15, 0.2) is 24.3 Å². The quantitative estimate of drug-likeness (QED) is 0.815. The second-order valence-electron chi connectivity index (χ2n) is 4.86. The third-order valence-electron chi connectivity index (χ3n) is 3.49. The Morgan fingerprint density at radius 3 is 2.61 bits per heavy atom. The summed E-state index contributed by atoms with van der Waals surface area (Å²) in [6, 6.07) is 7.60. The van der Waals surface area contributed by atoms with Crippen LogP contribution in [-0.4, -0.2) is 23.7 Å². The normalized spacial score (nSPS) is 23.7. The Kier molecular flexibility index (Phi) is 5.00. The van der Waals surface area contributed by atoms with Gasteiger partial charge in [0.15, 0.2) is 0 Å². The maximum atomic E-state index is 12.0. The summed E-state index contributed by atoms with van der Waals surface area (Å²) in [6.07, 6.45) is 3.61. The van der Waals surface area contributed by atoms with Gasteiger partial charge in [-0.05, 0) is 66.3 Å². The number of carbonyl (C=O) groups is 1. The monoisotopic (exact) mass is 359 g/mol. The van der Waals surface area contributed by atoms with Gasteiger partial charge < -0.3 is 10.4 Å². The van der Waals surface area contributed by atoms with Gasteiger partial charge in [0.25, 0.3) is 5.91 Å². The molecule has 1 fully saturated rings. The number of aliphatic hydroxyl groups excluding tert-OH is 1. The van der Waals surface area contributed by atoms with Crippen molar-refractivity contribution in [1.82, 2.24) is 5.32 Å². The first-order chi connectivity index (χ1) is 8.66. The van der Waals surface area contributed by atoms with E-state index < -0.39 is 0 Å². The highest BCUT2D eigenvalue weighted by Gasteiger charge is 2.20. The van der Waals surface area contributed by atoms with Crippen molar-refractivity contribution in [2.75, 3.05) is 6.54 Å². The van der Waals surface area contributed by atoms with E-state index in [9.17, 15) is 9.90 Å². The molecule has 0 bridgehead atoms. The van der Waals surface area contributed by atoms with E-state index in [0.717, 1.165) is 41.4 Å². The van der Waals surface area contributed by atoms with Crippen LogP contribution in [0.3, 0.4) is 0 Å². The van der Waals surface area contributed by atoms with Crippen LogP contribution < -0.4 is 5.32 Å². The second kappa shape index (κ2) is 6.52. The largest absolute Gasteiger partial charge is 0.393 e. The van der Waals surface area contributed by atoms with Gasteiger partial charge in [0, 0.05) is 10.1 Å². The molecule has 2 N–H and O–H groups in total. The summed E-state index contributed by atoms with van der Waals surface area (Å²) >= 11 is 2.18. The number of amides is 1. The summed E-state index contributed by atoms with van der Waals surface area (Å²) in [5, 5.41) is 12.4. The van der Waals surface area contributed by atoms with E-state index in [0.29, 0.717) is 5.92 Å². The van der Waals surface area contributed by atoms with Crippen LogP contribution in [0.5, 0.6) is 0 Å². The fraction of sp³-hybridized carbons (Fsp3) is 0.500. The van der Waals surface area contributed by atoms with E-state index in [4.69, 9.17) is 0 Å². The Hall–Kier alpha value is -0.620. The minimum absolute atomic E-state index is 0.00567. The average molecular weight is 359 g/mol. The molecule has 3 nitrogen and oxygen atoms in total. The van der Waals surface area contributed by atoms with E-state index in [2.05, 4.69) is 27.9 Å². The molecule has 1 aromatic carbocycles. The van der Waals surface area contributed by atoms with Crippen molar-refractivity contribution in [2.45, 2.75) is 31.8 Å². The second-order valence-corrected chi connectivity index (χ2v) is 6.03. The lowest BCUT2D eigenvalue weighted by Gasteiger charge is -2.25. The molecule has 18 heavy (non-hydrogen) atoms. The maximum absolute atomic E-state index is 12.0. The lowest BCUT2D eigenvalue weighted by atomic mass is 9.87. The Labute approximate surface area is 121 Å². The van der Waals surface area contributed by atoms with Crippen LogP contribution in [-0.2, 0) is 0 Å². The number of nitrogens with one attached hydrogen (secondary N) is 1. The van der Waals surface area contributed by atoms with Crippen LogP contribution in [0.2, 0.25) is 0 Å². The summed E-state index contributed by atoms with van der Waals surface area (Å²) in [7, 11) is 0. The smallest absolute Gasteiger partial charge is 0.252 e. The zero-order chi connectivity index (χ0) is 13.0. The maximum Gasteiger partial charge on any atom is 0.252 e. The highest BCUT2D eigenvalue weighted by molar-refractivity contribution is 14.1. The third kappa shape index (κ3) is 3.68. The van der Waals surface area contributed by atoms with Crippen molar-refractivity contribution < 1.29 is 9.90 Å². The van der Waals surface area contributed by atoms with Gasteiger partial charge in [-0.25, -0.2) is 0 Å². The Bertz CT molecular complexity index is 414. The van der Waals surface area contributed by atoms with Crippen LogP contribution in [0.1, 0.15) is 36.0 Å². The van der Waals surface area contributed by atoms with Crippen molar-refractivity contribution in [3.05, 3.63) is 33.4 Å². The molecule has 1 saturated carbocycles. The van der Waals surface area contributed by atoms with Gasteiger partial charge in [0.1, 0.15) is 0 Å². The highest BCUT2D eigenvalue weighted by Crippen LogP contribution is 2.23. The Morgan fingerprint density at radius 1 is 1.28 bits per heavy atom. The molecule has 1 amide bonds. The molecule has 0 aliphatic heterocycles. The summed E-state index contributed by atoms with van der Waals surface area (Å²) in [4.78, 5) is 12.0. The molecule has 0 saturated heterocycles. The number of rotatable bonds is 3. The lowest BCUT2D eigenvalue weighted by Crippen LogP contribution is -2.32. The minimum Gasteiger partial charge on any atom is -0.393 e. The van der Waals surface area contributed by atoms with Crippen LogP contribution in [0, 0.1) is 9.49 Å². The molecule has 1 aliphatic carbocycles. The van der Waals surface area contributed by atoms with Crippen molar-refractivity contribution in [3.8, 4) is 0 Å². The first kappa shape index (κ1) is 13.8. The first-order valence-electron chi connectivity index (χ1n) is 6.37. The lowest BCUT2D eigenvalue weighted by molar-refractivity contribution is 0.0909. The van der Waals surface area contributed by atoms with E-state index in [1.807, 2.05) is 24.3 Å². The molecule has 0 unspecified atom stereocenters. The van der Waals surface area contributed by atoms with Crippen LogP contribution in [0.25, 0.3) is 0 Å². The number of hydrogen-bond acceptors (Lipinski definition) is 2. The predicted molar refractivity (Wildman–Crippen MR) is 79.5 cm³/mol. The van der Waals surface area contributed by atoms with Gasteiger partial charge in [-0.15, -0.1) is 0 Å². The fourth-order valence-electron chi connectivity index (χ4n) is 2.33. The van der Waals surface area contributed by atoms with Crippen molar-refractivity contribution in [1.29, 1.82) is 0 Å². The highest BCUT2D eigenvalue weighted by atomic mass is 127. The van der Waals surface area contributed by atoms with Crippen LogP contribution >= 0.6 is 22.6 Å². The number of halogens is 1. The Morgan fingerprint density at radius 2 is 1.94 bits per heavy atom. The van der Waals surface area contributed by atoms with E-state index in [1.165, 1.54) is 0 Å². The molecule has 4 heteroatoms. The van der Waals surface area contributed by atoms with E-state index >= 15 is 0 Å². The Balaban J connectivity index is 1.84. The standard InChI is InChI=1S/C14H18INO2/c15-13-4-2-1-3-12(13)14(18)16-9-10-5-7-11(17)8-6-10/h1-4,10-11,17H,5-9H2,(H,16,18). The van der Waals surface area contributed by atoms with Crippen molar-refractivity contribution in [2.24, 2.45) is 5.92 Å². The van der Waals surface area contributed by atoms with Crippen LogP contribution in [0.4, 0.5) is 0 Å². The van der Waals surface area contributed by atoms with Gasteiger partial charge in [-0.1, -0.05) is 12.1 Å². The molecule has 0 heterocycles. The van der Waals surface area contributed by atoms with E-state index in [1.54, 1.807) is 0 Å². The molecule has 0 radical (unpaired) electrons. The van der Waals surface area contributed by atoms with Gasteiger partial charge in [-0.2, -0.15) is 0 Å². The SMILES string of the molecule is O=C(NCC1CCC(O)CC1)c1ccccc1I. The summed E-state index contributed by atoms with van der Waals surface area (Å²) in [5.41, 5.74) is 0.744. The molecule has 1 aromatic rings. The summed E-state index contributed by atoms with van der Waals surface area (Å²) < 4.78 is 0.978. The third-order valence-corrected chi connectivity index (χ3v) is 4.43. The average Bonchev–Trinajstić information content (AvgIpc) is 2.38. The number of aliphatic hydroxyl groups is 1. The molecule has 98 valence electrons. The molecule has 1 aliphatic rings. The molecule has 2 rings (SSSR count). The first-order valence-corrected chi connectivity index (χ1v) is 7.45. The van der Waals surface area contributed by atoms with Gasteiger partial charge in [0.05, 0.1) is 11.7 Å².